The fourth-order valence-corrected chi connectivity index (χ4v) is 1.56. The maximum Gasteiger partial charge on any atom is 0.251 e. The summed E-state index contributed by atoms with van der Waals surface area (Å²) in [6.07, 6.45) is 0. The number of amides is 2. The van der Waals surface area contributed by atoms with Crippen LogP contribution in [-0.2, 0) is 9.59 Å². The van der Waals surface area contributed by atoms with E-state index in [-0.39, 0.29) is 0 Å². The Morgan fingerprint density at radius 3 is 1.75 bits per heavy atom. The van der Waals surface area contributed by atoms with Gasteiger partial charge in [-0.05, 0) is 37.1 Å². The van der Waals surface area contributed by atoms with Gasteiger partial charge in [0.05, 0.1) is 11.4 Å². The number of rotatable bonds is 0. The van der Waals surface area contributed by atoms with E-state index < -0.39 is 17.9 Å². The van der Waals surface area contributed by atoms with Gasteiger partial charge in [-0.3, -0.25) is 9.59 Å². The van der Waals surface area contributed by atoms with E-state index in [4.69, 9.17) is 5.73 Å². The minimum atomic E-state index is -1.16. The van der Waals surface area contributed by atoms with Crippen LogP contribution in [0.4, 0.5) is 11.4 Å². The number of hydrogen-bond donors (Lipinski definition) is 3. The zero-order valence-electron chi connectivity index (χ0n) is 9.13. The Morgan fingerprint density at radius 1 is 1.00 bits per heavy atom. The molecule has 0 bridgehead atoms. The molecular formula is C11H13N3O2. The van der Waals surface area contributed by atoms with E-state index in [1.807, 2.05) is 26.0 Å². The first-order valence-electron chi connectivity index (χ1n) is 4.97. The van der Waals surface area contributed by atoms with Gasteiger partial charge in [-0.15, -0.1) is 0 Å². The molecule has 2 amide bonds. The van der Waals surface area contributed by atoms with Gasteiger partial charge in [-0.25, -0.2) is 0 Å². The van der Waals surface area contributed by atoms with Crippen LogP contribution < -0.4 is 16.4 Å². The summed E-state index contributed by atoms with van der Waals surface area (Å²) in [6, 6.07) is 2.48. The van der Waals surface area contributed by atoms with Gasteiger partial charge < -0.3 is 16.4 Å². The second kappa shape index (κ2) is 3.61. The van der Waals surface area contributed by atoms with Crippen LogP contribution in [0, 0.1) is 13.8 Å². The molecule has 5 nitrogen and oxygen atoms in total. The molecule has 1 aromatic carbocycles. The quantitative estimate of drug-likeness (QED) is 0.556. The number of anilines is 2. The maximum atomic E-state index is 11.5. The van der Waals surface area contributed by atoms with E-state index in [9.17, 15) is 9.59 Å². The summed E-state index contributed by atoms with van der Waals surface area (Å²) in [5.74, 6) is -0.973. The molecule has 4 N–H and O–H groups in total. The SMILES string of the molecule is Cc1cc2c(cc1C)NC(=O)C(N)C(=O)N2. The molecule has 16 heavy (non-hydrogen) atoms. The summed E-state index contributed by atoms with van der Waals surface area (Å²) in [6.45, 7) is 3.88. The Morgan fingerprint density at radius 2 is 1.38 bits per heavy atom. The third-order valence-corrected chi connectivity index (χ3v) is 2.71. The lowest BCUT2D eigenvalue weighted by atomic mass is 10.1. The van der Waals surface area contributed by atoms with E-state index in [0.717, 1.165) is 11.1 Å². The van der Waals surface area contributed by atoms with Gasteiger partial charge in [0.2, 0.25) is 0 Å². The molecule has 1 aromatic rings. The molecule has 0 radical (unpaired) electrons. The molecule has 0 saturated carbocycles. The first-order chi connectivity index (χ1) is 7.49. The average Bonchev–Trinajstić information content (AvgIpc) is 2.31. The molecule has 0 aromatic heterocycles. The molecule has 0 saturated heterocycles. The molecule has 1 aliphatic rings. The fraction of sp³-hybridized carbons (Fsp3) is 0.273. The number of carbonyl (C=O) groups excluding carboxylic acids is 2. The third-order valence-electron chi connectivity index (χ3n) is 2.71. The highest BCUT2D eigenvalue weighted by atomic mass is 16.2. The molecule has 5 heteroatoms. The summed E-state index contributed by atoms with van der Waals surface area (Å²) < 4.78 is 0. The zero-order chi connectivity index (χ0) is 11.9. The number of aryl methyl sites for hydroxylation is 2. The van der Waals surface area contributed by atoms with Gasteiger partial charge in [0.1, 0.15) is 0 Å². The Kier molecular flexibility index (Phi) is 2.40. The standard InChI is InChI=1S/C11H13N3O2/c1-5-3-7-8(4-6(5)2)14-11(16)9(12)10(15)13-7/h3-4,9H,12H2,1-2H3,(H,13,15)(H,14,16). The van der Waals surface area contributed by atoms with Crippen molar-refractivity contribution in [1.29, 1.82) is 0 Å². The van der Waals surface area contributed by atoms with Gasteiger partial charge in [0.25, 0.3) is 11.8 Å². The van der Waals surface area contributed by atoms with Crippen LogP contribution in [0.25, 0.3) is 0 Å². The van der Waals surface area contributed by atoms with Crippen molar-refractivity contribution < 1.29 is 9.59 Å². The summed E-state index contributed by atoms with van der Waals surface area (Å²) in [5.41, 5.74) is 8.73. The van der Waals surface area contributed by atoms with Crippen molar-refractivity contribution in [1.82, 2.24) is 0 Å². The van der Waals surface area contributed by atoms with Gasteiger partial charge in [0, 0.05) is 0 Å². The first-order valence-corrected chi connectivity index (χ1v) is 4.97. The monoisotopic (exact) mass is 219 g/mol. The number of fused-ring (bicyclic) bond motifs is 1. The van der Waals surface area contributed by atoms with Crippen LogP contribution in [0.5, 0.6) is 0 Å². The fourth-order valence-electron chi connectivity index (χ4n) is 1.56. The molecular weight excluding hydrogens is 206 g/mol. The summed E-state index contributed by atoms with van der Waals surface area (Å²) >= 11 is 0. The molecule has 1 aliphatic heterocycles. The highest BCUT2D eigenvalue weighted by molar-refractivity contribution is 6.18. The number of hydrogen-bond acceptors (Lipinski definition) is 3. The zero-order valence-corrected chi connectivity index (χ0v) is 9.13. The lowest BCUT2D eigenvalue weighted by Crippen LogP contribution is -2.43. The molecule has 2 rings (SSSR count). The molecule has 84 valence electrons. The number of benzene rings is 1. The van der Waals surface area contributed by atoms with Crippen molar-refractivity contribution >= 4 is 23.2 Å². The van der Waals surface area contributed by atoms with Gasteiger partial charge in [-0.2, -0.15) is 0 Å². The van der Waals surface area contributed by atoms with Crippen molar-refractivity contribution in [2.75, 3.05) is 10.6 Å². The highest BCUT2D eigenvalue weighted by Crippen LogP contribution is 2.27. The Balaban J connectivity index is 2.51. The minimum absolute atomic E-state index is 0.487. The Bertz CT molecular complexity index is 439. The lowest BCUT2D eigenvalue weighted by Gasteiger charge is -2.09. The van der Waals surface area contributed by atoms with E-state index in [1.165, 1.54) is 0 Å². The van der Waals surface area contributed by atoms with Crippen LogP contribution in [0.15, 0.2) is 12.1 Å². The van der Waals surface area contributed by atoms with Crippen molar-refractivity contribution in [3.05, 3.63) is 23.3 Å². The summed E-state index contributed by atoms with van der Waals surface area (Å²) in [4.78, 5) is 23.0. The summed E-state index contributed by atoms with van der Waals surface area (Å²) in [7, 11) is 0. The largest absolute Gasteiger partial charge is 0.322 e. The Hall–Kier alpha value is -1.88. The average molecular weight is 219 g/mol. The van der Waals surface area contributed by atoms with Crippen molar-refractivity contribution in [2.45, 2.75) is 19.9 Å². The minimum Gasteiger partial charge on any atom is -0.322 e. The topological polar surface area (TPSA) is 84.2 Å². The van der Waals surface area contributed by atoms with E-state index in [2.05, 4.69) is 10.6 Å². The van der Waals surface area contributed by atoms with E-state index >= 15 is 0 Å². The van der Waals surface area contributed by atoms with Crippen molar-refractivity contribution in [2.24, 2.45) is 5.73 Å². The Labute approximate surface area is 93.0 Å². The van der Waals surface area contributed by atoms with E-state index in [0.29, 0.717) is 11.4 Å². The van der Waals surface area contributed by atoms with Crippen LogP contribution in [0.1, 0.15) is 11.1 Å². The molecule has 0 spiro atoms. The molecule has 0 unspecified atom stereocenters. The lowest BCUT2D eigenvalue weighted by molar-refractivity contribution is -0.125. The van der Waals surface area contributed by atoms with Crippen LogP contribution >= 0.6 is 0 Å². The second-order valence-electron chi connectivity index (χ2n) is 3.94. The highest BCUT2D eigenvalue weighted by Gasteiger charge is 2.27. The van der Waals surface area contributed by atoms with Crippen molar-refractivity contribution in [3.63, 3.8) is 0 Å². The first kappa shape index (κ1) is 10.6. The number of nitrogens with two attached hydrogens (primary N) is 1. The van der Waals surface area contributed by atoms with Gasteiger partial charge >= 0.3 is 0 Å². The normalized spacial score (nSPS) is 16.2. The van der Waals surface area contributed by atoms with Crippen LogP contribution in [0.2, 0.25) is 0 Å². The second-order valence-corrected chi connectivity index (χ2v) is 3.94. The van der Waals surface area contributed by atoms with Crippen LogP contribution in [-0.4, -0.2) is 17.9 Å². The number of nitrogens with one attached hydrogen (secondary N) is 2. The molecule has 0 aliphatic carbocycles. The smallest absolute Gasteiger partial charge is 0.251 e. The maximum absolute atomic E-state index is 11.5. The molecule has 0 atom stereocenters. The predicted molar refractivity (Wildman–Crippen MR) is 61.2 cm³/mol. The van der Waals surface area contributed by atoms with Crippen LogP contribution in [0.3, 0.4) is 0 Å². The van der Waals surface area contributed by atoms with Crippen molar-refractivity contribution in [3.8, 4) is 0 Å². The van der Waals surface area contributed by atoms with E-state index in [1.54, 1.807) is 0 Å². The molecule has 1 heterocycles. The third kappa shape index (κ3) is 1.65. The van der Waals surface area contributed by atoms with Gasteiger partial charge in [0.15, 0.2) is 6.04 Å². The summed E-state index contributed by atoms with van der Waals surface area (Å²) in [5, 5.41) is 5.25. The van der Waals surface area contributed by atoms with Gasteiger partial charge in [-0.1, -0.05) is 0 Å². The molecule has 0 fully saturated rings. The predicted octanol–water partition coefficient (Wildman–Crippen LogP) is 0.521. The number of carbonyl (C=O) groups is 2.